The summed E-state index contributed by atoms with van der Waals surface area (Å²) in [4.78, 5) is 23.9. The predicted molar refractivity (Wildman–Crippen MR) is 223 cm³/mol. The highest BCUT2D eigenvalue weighted by Gasteiger charge is 2.55. The van der Waals surface area contributed by atoms with Crippen molar-refractivity contribution in [2.45, 2.75) is 199 Å². The summed E-state index contributed by atoms with van der Waals surface area (Å²) >= 11 is 0. The van der Waals surface area contributed by atoms with Crippen LogP contribution in [0.15, 0.2) is 0 Å². The van der Waals surface area contributed by atoms with Crippen molar-refractivity contribution < 1.29 is 149 Å². The van der Waals surface area contributed by atoms with Crippen LogP contribution in [0.25, 0.3) is 0 Å². The van der Waals surface area contributed by atoms with Gasteiger partial charge in [-0.2, -0.15) is 0 Å². The smallest absolute Gasteiger partial charge is 0.217 e. The molecule has 5 fully saturated rings. The number of nitrogens with one attached hydrogen (secondary N) is 2. The number of carbonyl (C=O) groups excluding carboxylic acids is 2. The number of aliphatic hydroxyl groups excluding tert-OH is 18. The molecule has 2 amide bonds. The van der Waals surface area contributed by atoms with E-state index in [1.165, 1.54) is 6.92 Å². The van der Waals surface area contributed by atoms with E-state index in [0.29, 0.717) is 0 Å². The highest BCUT2D eigenvalue weighted by Crippen LogP contribution is 2.34. The lowest BCUT2D eigenvalue weighted by molar-refractivity contribution is -0.373. The standard InChI is InChI=1S/C40H70N2O30/c1-10-21(52)35(72-36-19(41-11(2)47)25(56)23(54)16(6-45)66-36)31(62)40(65-10)71-34-17(7-46)67-38(30(61)28(34)59)63-8-15(51)33-27(58)29(60)39(70-33)64-9-18-24(55)26(57)20(42-12(3)48)37(68-18)69-32(14(50)5-44)22(53)13(49)4-43/h10,13-40,43-46,49-62H,4-9H2,1-3H3,(H,41,47)(H,42,48)/t10-,13+,14-,15+,16+,17+,18+,19+,20+,21-,22-,23-,24-,25+,26+,27+,28+,29+,30+,31+,32+,33-,34+,35+,36+,37-,38+,39+,40+/m0/s1. The number of hydrogen-bond donors (Lipinski definition) is 20. The Bertz CT molecular complexity index is 1680. The van der Waals surface area contributed by atoms with Gasteiger partial charge < -0.3 is 150 Å². The fraction of sp³-hybridized carbons (Fsp3) is 0.950. The molecule has 29 atom stereocenters. The molecular weight excluding hydrogens is 988 g/mol. The van der Waals surface area contributed by atoms with Crippen LogP contribution in [0.2, 0.25) is 0 Å². The third kappa shape index (κ3) is 13.9. The Labute approximate surface area is 409 Å². The third-order valence-corrected chi connectivity index (χ3v) is 12.8. The van der Waals surface area contributed by atoms with Gasteiger partial charge in [0.2, 0.25) is 11.8 Å². The summed E-state index contributed by atoms with van der Waals surface area (Å²) in [5.41, 5.74) is 0. The quantitative estimate of drug-likeness (QED) is 0.0479. The van der Waals surface area contributed by atoms with E-state index in [1.54, 1.807) is 0 Å². The fourth-order valence-corrected chi connectivity index (χ4v) is 8.69. The van der Waals surface area contributed by atoms with Crippen molar-refractivity contribution in [1.29, 1.82) is 0 Å². The molecule has 0 bridgehead atoms. The summed E-state index contributed by atoms with van der Waals surface area (Å²) in [5.74, 6) is -1.47. The van der Waals surface area contributed by atoms with E-state index in [1.807, 2.05) is 0 Å². The van der Waals surface area contributed by atoms with E-state index in [9.17, 15) is 102 Å². The Hall–Kier alpha value is -2.18. The van der Waals surface area contributed by atoms with E-state index < -0.39 is 229 Å². The van der Waals surface area contributed by atoms with Crippen LogP contribution in [-0.4, -0.2) is 321 Å². The summed E-state index contributed by atoms with van der Waals surface area (Å²) in [6.07, 6.45) is -48.7. The van der Waals surface area contributed by atoms with Gasteiger partial charge in [-0.25, -0.2) is 0 Å². The fourth-order valence-electron chi connectivity index (χ4n) is 8.69. The highest BCUT2D eigenvalue weighted by molar-refractivity contribution is 5.73. The summed E-state index contributed by atoms with van der Waals surface area (Å²) in [7, 11) is 0. The number of hydrogen-bond acceptors (Lipinski definition) is 30. The molecule has 32 nitrogen and oxygen atoms in total. The molecule has 5 aliphatic heterocycles. The molecule has 72 heavy (non-hydrogen) atoms. The van der Waals surface area contributed by atoms with Crippen molar-refractivity contribution in [3.05, 3.63) is 0 Å². The predicted octanol–water partition coefficient (Wildman–Crippen LogP) is -13.1. The van der Waals surface area contributed by atoms with Crippen molar-refractivity contribution in [3.63, 3.8) is 0 Å². The van der Waals surface area contributed by atoms with Gasteiger partial charge >= 0.3 is 0 Å². The molecule has 5 aliphatic rings. The molecule has 32 heteroatoms. The molecule has 0 spiro atoms. The van der Waals surface area contributed by atoms with Gasteiger partial charge in [-0.15, -0.1) is 0 Å². The van der Waals surface area contributed by atoms with Crippen LogP contribution in [0.4, 0.5) is 0 Å². The molecule has 0 aromatic rings. The summed E-state index contributed by atoms with van der Waals surface area (Å²) in [6.45, 7) is -2.05. The molecule has 0 aliphatic carbocycles. The largest absolute Gasteiger partial charge is 0.394 e. The van der Waals surface area contributed by atoms with Crippen LogP contribution in [0.3, 0.4) is 0 Å². The van der Waals surface area contributed by atoms with Gasteiger partial charge in [0.05, 0.1) is 45.7 Å². The van der Waals surface area contributed by atoms with Crippen molar-refractivity contribution in [1.82, 2.24) is 10.6 Å². The van der Waals surface area contributed by atoms with Crippen molar-refractivity contribution in [2.24, 2.45) is 0 Å². The molecule has 0 saturated carbocycles. The van der Waals surface area contributed by atoms with Crippen molar-refractivity contribution in [3.8, 4) is 0 Å². The lowest BCUT2D eigenvalue weighted by Gasteiger charge is -2.48. The maximum absolute atomic E-state index is 12.0. The first-order chi connectivity index (χ1) is 33.9. The van der Waals surface area contributed by atoms with Crippen LogP contribution >= 0.6 is 0 Å². The number of carbonyl (C=O) groups is 2. The zero-order chi connectivity index (χ0) is 53.6. The first-order valence-electron chi connectivity index (χ1n) is 22.9. The van der Waals surface area contributed by atoms with E-state index in [0.717, 1.165) is 13.8 Å². The Kier molecular flexibility index (Phi) is 22.5. The van der Waals surface area contributed by atoms with E-state index in [-0.39, 0.29) is 0 Å². The maximum atomic E-state index is 12.0. The Morgan fingerprint density at radius 1 is 0.514 bits per heavy atom. The van der Waals surface area contributed by atoms with Gasteiger partial charge in [-0.3, -0.25) is 9.59 Å². The topological polar surface area (TPSA) is 515 Å². The molecule has 0 unspecified atom stereocenters. The second-order valence-electron chi connectivity index (χ2n) is 18.1. The van der Waals surface area contributed by atoms with Crippen LogP contribution in [0.5, 0.6) is 0 Å². The van der Waals surface area contributed by atoms with Crippen LogP contribution in [0, 0.1) is 0 Å². The Morgan fingerprint density at radius 3 is 1.60 bits per heavy atom. The average Bonchev–Trinajstić information content (AvgIpc) is 3.63. The first-order valence-corrected chi connectivity index (χ1v) is 22.9. The normalized spacial score (nSPS) is 44.9. The number of rotatable bonds is 22. The molecule has 0 aromatic carbocycles. The van der Waals surface area contributed by atoms with Gasteiger partial charge in [0.1, 0.15) is 140 Å². The van der Waals surface area contributed by atoms with Gasteiger partial charge in [0.25, 0.3) is 0 Å². The second kappa shape index (κ2) is 26.7. The molecule has 5 rings (SSSR count). The Balaban J connectivity index is 1.19. The first kappa shape index (κ1) is 60.7. The Morgan fingerprint density at radius 2 is 1.03 bits per heavy atom. The van der Waals surface area contributed by atoms with Crippen LogP contribution < -0.4 is 10.6 Å². The lowest BCUT2D eigenvalue weighted by atomic mass is 9.95. The monoisotopic (exact) mass is 1060 g/mol. The van der Waals surface area contributed by atoms with Gasteiger partial charge in [-0.1, -0.05) is 0 Å². The molecule has 5 heterocycles. The number of amides is 2. The van der Waals surface area contributed by atoms with E-state index in [4.69, 9.17) is 47.4 Å². The van der Waals surface area contributed by atoms with Gasteiger partial charge in [-0.05, 0) is 6.92 Å². The maximum Gasteiger partial charge on any atom is 0.217 e. The molecule has 20 N–H and O–H groups in total. The summed E-state index contributed by atoms with van der Waals surface area (Å²) in [5, 5.41) is 194. The SMILES string of the molecule is CC(=O)N[C@H]1[C@H](O[C@@H]([C@@H](O)[C@H](O)CO)[C@@H](O)CO)O[C@H](CO[C@@H]2O[C@@H]([C@H](O)CO[C@@H]3O[C@H](CO)[C@@H](O[C@H]4O[C@@H](C)[C@H](O)[C@@H](O[C@H]5O[C@H](CO)[C@H](O)[C@H](O)[C@H]5NC(C)=O)[C@H]4O)[C@H](O)[C@H]3O)[C@H](O)[C@H]2O)[C@H](O)[C@@H]1O. The van der Waals surface area contributed by atoms with Crippen molar-refractivity contribution in [2.75, 3.05) is 39.6 Å². The van der Waals surface area contributed by atoms with E-state index >= 15 is 0 Å². The van der Waals surface area contributed by atoms with Gasteiger partial charge in [0.15, 0.2) is 31.5 Å². The van der Waals surface area contributed by atoms with Gasteiger partial charge in [0, 0.05) is 13.8 Å². The zero-order valence-electron chi connectivity index (χ0n) is 38.9. The lowest BCUT2D eigenvalue weighted by Crippen LogP contribution is -2.68. The van der Waals surface area contributed by atoms with Crippen molar-refractivity contribution >= 4 is 11.8 Å². The highest BCUT2D eigenvalue weighted by atomic mass is 16.8. The summed E-state index contributed by atoms with van der Waals surface area (Å²) < 4.78 is 56.1. The number of aliphatic hydroxyl groups is 18. The zero-order valence-corrected chi connectivity index (χ0v) is 38.9. The number of ether oxygens (including phenoxy) is 10. The van der Waals surface area contributed by atoms with Crippen LogP contribution in [0.1, 0.15) is 20.8 Å². The average molecular weight is 1060 g/mol. The molecule has 5 saturated heterocycles. The molecule has 420 valence electrons. The molecule has 0 radical (unpaired) electrons. The van der Waals surface area contributed by atoms with Crippen LogP contribution in [-0.2, 0) is 57.0 Å². The molecular formula is C40H70N2O30. The van der Waals surface area contributed by atoms with E-state index in [2.05, 4.69) is 10.6 Å². The minimum atomic E-state index is -2.07. The third-order valence-electron chi connectivity index (χ3n) is 12.8. The summed E-state index contributed by atoms with van der Waals surface area (Å²) in [6, 6.07) is -3.10. The minimum Gasteiger partial charge on any atom is -0.394 e. The minimum absolute atomic E-state index is 0.694. The molecule has 0 aromatic heterocycles. The second-order valence-corrected chi connectivity index (χ2v) is 18.1.